The van der Waals surface area contributed by atoms with Crippen molar-refractivity contribution in [3.05, 3.63) is 48.0 Å². The molecule has 146 valence electrons. The fourth-order valence-electron chi connectivity index (χ4n) is 2.75. The lowest BCUT2D eigenvalue weighted by Gasteiger charge is -2.19. The Hall–Kier alpha value is -2.40. The maximum Gasteiger partial charge on any atom is 0.264 e. The summed E-state index contributed by atoms with van der Waals surface area (Å²) in [6.07, 6.45) is 0.455. The van der Waals surface area contributed by atoms with Crippen LogP contribution >= 0.6 is 0 Å². The highest BCUT2D eigenvalue weighted by Crippen LogP contribution is 2.34. The molecule has 1 fully saturated rings. The molecule has 1 heterocycles. The third-order valence-electron chi connectivity index (χ3n) is 4.00. The maximum atomic E-state index is 13.9. The first kappa shape index (κ1) is 19.4. The molecule has 0 unspecified atom stereocenters. The third kappa shape index (κ3) is 3.83. The quantitative estimate of drug-likeness (QED) is 0.805. The van der Waals surface area contributed by atoms with Crippen molar-refractivity contribution in [3.8, 4) is 5.75 Å². The second-order valence-electron chi connectivity index (χ2n) is 5.81. The molecular formula is C16H16F2N2O5S2. The van der Waals surface area contributed by atoms with Crippen LogP contribution in [0.2, 0.25) is 0 Å². The van der Waals surface area contributed by atoms with E-state index in [4.69, 9.17) is 4.74 Å². The normalized spacial score (nSPS) is 16.3. The van der Waals surface area contributed by atoms with Gasteiger partial charge in [0.15, 0.2) is 0 Å². The highest BCUT2D eigenvalue weighted by Gasteiger charge is 2.29. The topological polar surface area (TPSA) is 92.8 Å². The van der Waals surface area contributed by atoms with Gasteiger partial charge in [-0.15, -0.1) is 0 Å². The Morgan fingerprint density at radius 1 is 1.15 bits per heavy atom. The third-order valence-corrected chi connectivity index (χ3v) is 7.27. The number of nitrogens with zero attached hydrogens (tertiary/aromatic N) is 1. The molecule has 0 atom stereocenters. The van der Waals surface area contributed by atoms with E-state index in [9.17, 15) is 25.6 Å². The standard InChI is InChI=1S/C16H16F2N2O5S2/c1-25-15-5-4-12(20-7-2-8-26(20,21)22)10-14(15)19-27(23,24)16-6-3-11(17)9-13(16)18/h3-6,9-10,19H,2,7-8H2,1H3. The minimum atomic E-state index is -4.40. The monoisotopic (exact) mass is 418 g/mol. The fourth-order valence-corrected chi connectivity index (χ4v) is 5.43. The highest BCUT2D eigenvalue weighted by atomic mass is 32.2. The van der Waals surface area contributed by atoms with Gasteiger partial charge in [-0.2, -0.15) is 0 Å². The molecule has 0 aliphatic carbocycles. The predicted molar refractivity (Wildman–Crippen MR) is 95.9 cm³/mol. The van der Waals surface area contributed by atoms with E-state index in [0.29, 0.717) is 12.5 Å². The van der Waals surface area contributed by atoms with E-state index in [1.54, 1.807) is 0 Å². The number of methoxy groups -OCH3 is 1. The van der Waals surface area contributed by atoms with Crippen LogP contribution in [0.25, 0.3) is 0 Å². The highest BCUT2D eigenvalue weighted by molar-refractivity contribution is 7.93. The molecule has 27 heavy (non-hydrogen) atoms. The Balaban J connectivity index is 2.01. The summed E-state index contributed by atoms with van der Waals surface area (Å²) >= 11 is 0. The molecule has 1 aliphatic heterocycles. The Kier molecular flexibility index (Phi) is 5.00. The number of benzene rings is 2. The van der Waals surface area contributed by atoms with Gasteiger partial charge in [0.05, 0.1) is 24.2 Å². The number of anilines is 2. The molecule has 0 amide bonds. The van der Waals surface area contributed by atoms with Crippen LogP contribution in [0, 0.1) is 11.6 Å². The fraction of sp³-hybridized carbons (Fsp3) is 0.250. The van der Waals surface area contributed by atoms with Crippen molar-refractivity contribution < 1.29 is 30.4 Å². The number of rotatable bonds is 5. The second-order valence-corrected chi connectivity index (χ2v) is 9.47. The van der Waals surface area contributed by atoms with Crippen molar-refractivity contribution in [2.45, 2.75) is 11.3 Å². The minimum Gasteiger partial charge on any atom is -0.495 e. The molecule has 0 aromatic heterocycles. The van der Waals surface area contributed by atoms with E-state index in [0.717, 1.165) is 12.1 Å². The molecule has 0 spiro atoms. The summed E-state index contributed by atoms with van der Waals surface area (Å²) in [6, 6.07) is 6.26. The average molecular weight is 418 g/mol. The van der Waals surface area contributed by atoms with Gasteiger partial charge in [-0.3, -0.25) is 9.03 Å². The molecule has 1 aliphatic rings. The van der Waals surface area contributed by atoms with Crippen LogP contribution in [-0.2, 0) is 20.0 Å². The minimum absolute atomic E-state index is 0.000873. The smallest absolute Gasteiger partial charge is 0.264 e. The van der Waals surface area contributed by atoms with E-state index in [-0.39, 0.29) is 29.4 Å². The van der Waals surface area contributed by atoms with E-state index in [2.05, 4.69) is 4.72 Å². The summed E-state index contributed by atoms with van der Waals surface area (Å²) in [7, 11) is -6.57. The zero-order valence-electron chi connectivity index (χ0n) is 14.1. The largest absolute Gasteiger partial charge is 0.495 e. The number of hydrogen-bond donors (Lipinski definition) is 1. The van der Waals surface area contributed by atoms with Crippen molar-refractivity contribution in [3.63, 3.8) is 0 Å². The van der Waals surface area contributed by atoms with Gasteiger partial charge in [0.2, 0.25) is 10.0 Å². The summed E-state index contributed by atoms with van der Waals surface area (Å²) in [6.45, 7) is 0.271. The van der Waals surface area contributed by atoms with Gasteiger partial charge in [0, 0.05) is 12.6 Å². The van der Waals surface area contributed by atoms with Gasteiger partial charge in [0.1, 0.15) is 22.3 Å². The summed E-state index contributed by atoms with van der Waals surface area (Å²) in [5.41, 5.74) is 0.186. The molecule has 1 N–H and O–H groups in total. The van der Waals surface area contributed by atoms with Gasteiger partial charge in [-0.05, 0) is 36.8 Å². The molecule has 0 bridgehead atoms. The maximum absolute atomic E-state index is 13.9. The van der Waals surface area contributed by atoms with Crippen molar-refractivity contribution in [2.75, 3.05) is 28.4 Å². The van der Waals surface area contributed by atoms with Crippen LogP contribution in [-0.4, -0.2) is 36.2 Å². The average Bonchev–Trinajstić information content (AvgIpc) is 2.93. The molecule has 2 aromatic rings. The Morgan fingerprint density at radius 2 is 1.89 bits per heavy atom. The molecule has 0 saturated carbocycles. The van der Waals surface area contributed by atoms with Gasteiger partial charge >= 0.3 is 0 Å². The Labute approximate surface area is 155 Å². The first-order valence-corrected chi connectivity index (χ1v) is 10.9. The van der Waals surface area contributed by atoms with Crippen LogP contribution in [0.15, 0.2) is 41.3 Å². The van der Waals surface area contributed by atoms with E-state index < -0.39 is 36.6 Å². The van der Waals surface area contributed by atoms with E-state index >= 15 is 0 Å². The van der Waals surface area contributed by atoms with E-state index in [1.807, 2.05) is 0 Å². The first-order valence-electron chi connectivity index (χ1n) is 7.80. The number of nitrogens with one attached hydrogen (secondary N) is 1. The Morgan fingerprint density at radius 3 is 2.48 bits per heavy atom. The lowest BCUT2D eigenvalue weighted by molar-refractivity contribution is 0.417. The van der Waals surface area contributed by atoms with Crippen molar-refractivity contribution in [1.82, 2.24) is 0 Å². The number of halogens is 2. The van der Waals surface area contributed by atoms with Gasteiger partial charge in [0.25, 0.3) is 10.0 Å². The zero-order valence-corrected chi connectivity index (χ0v) is 15.8. The molecule has 2 aromatic carbocycles. The van der Waals surface area contributed by atoms with Crippen LogP contribution in [0.4, 0.5) is 20.2 Å². The van der Waals surface area contributed by atoms with Crippen LogP contribution < -0.4 is 13.8 Å². The van der Waals surface area contributed by atoms with Crippen LogP contribution in [0.5, 0.6) is 5.75 Å². The molecule has 7 nitrogen and oxygen atoms in total. The number of hydrogen-bond acceptors (Lipinski definition) is 5. The second kappa shape index (κ2) is 6.97. The van der Waals surface area contributed by atoms with Gasteiger partial charge in [-0.1, -0.05) is 0 Å². The number of ether oxygens (including phenoxy) is 1. The summed E-state index contributed by atoms with van der Waals surface area (Å²) in [4.78, 5) is -0.745. The molecular weight excluding hydrogens is 402 g/mol. The van der Waals surface area contributed by atoms with Crippen molar-refractivity contribution in [1.29, 1.82) is 0 Å². The zero-order chi connectivity index (χ0) is 19.8. The lowest BCUT2D eigenvalue weighted by atomic mass is 10.2. The van der Waals surface area contributed by atoms with Gasteiger partial charge in [-0.25, -0.2) is 25.6 Å². The molecule has 3 rings (SSSR count). The molecule has 11 heteroatoms. The summed E-state index contributed by atoms with van der Waals surface area (Å²) in [5.74, 6) is -2.05. The molecule has 1 saturated heterocycles. The number of sulfonamides is 2. The predicted octanol–water partition coefficient (Wildman–Crippen LogP) is 2.31. The summed E-state index contributed by atoms with van der Waals surface area (Å²) < 4.78 is 84.5. The SMILES string of the molecule is COc1ccc(N2CCCS2(=O)=O)cc1NS(=O)(=O)c1ccc(F)cc1F. The lowest BCUT2D eigenvalue weighted by Crippen LogP contribution is -2.25. The van der Waals surface area contributed by atoms with Crippen LogP contribution in [0.1, 0.15) is 6.42 Å². The van der Waals surface area contributed by atoms with E-state index in [1.165, 1.54) is 29.6 Å². The van der Waals surface area contributed by atoms with Crippen molar-refractivity contribution >= 4 is 31.4 Å². The summed E-state index contributed by atoms with van der Waals surface area (Å²) in [5, 5.41) is 0. The first-order chi connectivity index (χ1) is 12.6. The molecule has 0 radical (unpaired) electrons. The Bertz CT molecular complexity index is 1090. The van der Waals surface area contributed by atoms with Gasteiger partial charge < -0.3 is 4.74 Å². The van der Waals surface area contributed by atoms with Crippen molar-refractivity contribution in [2.24, 2.45) is 0 Å². The van der Waals surface area contributed by atoms with Crippen LogP contribution in [0.3, 0.4) is 0 Å².